The maximum Gasteiger partial charge on any atom is 0.0537 e. The Morgan fingerprint density at radius 3 is 2.67 bits per heavy atom. The third-order valence-corrected chi connectivity index (χ3v) is 6.20. The zero-order chi connectivity index (χ0) is 12.0. The van der Waals surface area contributed by atoms with Gasteiger partial charge < -0.3 is 10.1 Å². The standard InChI is InChI=1S/C16H27NO/c1-6-16(11-18-7-1,10-17-14-4-5-14)15-9-12-2-3-13(15)8-12/h12-15,17H,1-11H2. The van der Waals surface area contributed by atoms with E-state index >= 15 is 0 Å². The molecule has 0 aromatic rings. The zero-order valence-electron chi connectivity index (χ0n) is 11.5. The van der Waals surface area contributed by atoms with Crippen LogP contribution in [-0.4, -0.2) is 25.8 Å². The lowest BCUT2D eigenvalue weighted by atomic mass is 9.65. The fraction of sp³-hybridized carbons (Fsp3) is 1.00. The first-order valence-corrected chi connectivity index (χ1v) is 8.17. The van der Waals surface area contributed by atoms with Gasteiger partial charge in [0.1, 0.15) is 0 Å². The van der Waals surface area contributed by atoms with Gasteiger partial charge in [0, 0.05) is 24.6 Å². The average Bonchev–Trinajstić information content (AvgIpc) is 3.01. The SMILES string of the molecule is C1COCC(CNC2CC2)(C2CC3CCC2C3)C1. The van der Waals surface area contributed by atoms with Gasteiger partial charge in [0.05, 0.1) is 6.61 Å². The van der Waals surface area contributed by atoms with E-state index in [0.717, 1.165) is 37.0 Å². The molecule has 4 rings (SSSR count). The molecule has 2 heteroatoms. The van der Waals surface area contributed by atoms with Crippen LogP contribution in [0.15, 0.2) is 0 Å². The number of fused-ring (bicyclic) bond motifs is 2. The monoisotopic (exact) mass is 249 g/mol. The molecule has 3 saturated carbocycles. The molecule has 102 valence electrons. The summed E-state index contributed by atoms with van der Waals surface area (Å²) in [5.74, 6) is 3.08. The summed E-state index contributed by atoms with van der Waals surface area (Å²) in [7, 11) is 0. The molecule has 1 N–H and O–H groups in total. The molecule has 1 saturated heterocycles. The fourth-order valence-corrected chi connectivity index (χ4v) is 5.07. The van der Waals surface area contributed by atoms with Gasteiger partial charge in [-0.2, -0.15) is 0 Å². The van der Waals surface area contributed by atoms with Crippen molar-refractivity contribution in [2.24, 2.45) is 23.2 Å². The minimum Gasteiger partial charge on any atom is -0.381 e. The number of rotatable bonds is 4. The zero-order valence-corrected chi connectivity index (χ0v) is 11.5. The van der Waals surface area contributed by atoms with Crippen LogP contribution in [0.3, 0.4) is 0 Å². The Labute approximate surface area is 111 Å². The summed E-state index contributed by atoms with van der Waals surface area (Å²) in [6.07, 6.45) is 11.6. The molecule has 3 aliphatic carbocycles. The number of hydrogen-bond acceptors (Lipinski definition) is 2. The summed E-state index contributed by atoms with van der Waals surface area (Å²) < 4.78 is 5.92. The Bertz CT molecular complexity index is 306. The van der Waals surface area contributed by atoms with Crippen LogP contribution < -0.4 is 5.32 Å². The van der Waals surface area contributed by atoms with E-state index in [2.05, 4.69) is 5.32 Å². The van der Waals surface area contributed by atoms with Crippen LogP contribution in [-0.2, 0) is 4.74 Å². The van der Waals surface area contributed by atoms with Crippen molar-refractivity contribution >= 4 is 0 Å². The highest BCUT2D eigenvalue weighted by molar-refractivity contribution is 5.02. The molecule has 4 fully saturated rings. The summed E-state index contributed by atoms with van der Waals surface area (Å²) in [6.45, 7) is 3.29. The second kappa shape index (κ2) is 4.49. The summed E-state index contributed by atoms with van der Waals surface area (Å²) in [5.41, 5.74) is 0.501. The van der Waals surface area contributed by atoms with Gasteiger partial charge in [0.15, 0.2) is 0 Å². The molecule has 0 spiro atoms. The van der Waals surface area contributed by atoms with Crippen molar-refractivity contribution in [3.8, 4) is 0 Å². The molecule has 0 aromatic carbocycles. The first kappa shape index (κ1) is 11.7. The average molecular weight is 249 g/mol. The van der Waals surface area contributed by atoms with Gasteiger partial charge in [0.2, 0.25) is 0 Å². The number of hydrogen-bond donors (Lipinski definition) is 1. The van der Waals surface area contributed by atoms with Gasteiger partial charge in [-0.15, -0.1) is 0 Å². The van der Waals surface area contributed by atoms with E-state index in [9.17, 15) is 0 Å². The largest absolute Gasteiger partial charge is 0.381 e. The molecule has 1 aliphatic heterocycles. The minimum absolute atomic E-state index is 0.501. The fourth-order valence-electron chi connectivity index (χ4n) is 5.07. The molecule has 0 aromatic heterocycles. The van der Waals surface area contributed by atoms with Crippen molar-refractivity contribution < 1.29 is 4.74 Å². The Hall–Kier alpha value is -0.0800. The molecule has 4 atom stereocenters. The van der Waals surface area contributed by atoms with Gasteiger partial charge in [0.25, 0.3) is 0 Å². The van der Waals surface area contributed by atoms with Crippen LogP contribution in [0.2, 0.25) is 0 Å². The highest BCUT2D eigenvalue weighted by Crippen LogP contribution is 2.56. The second-order valence-electron chi connectivity index (χ2n) is 7.46. The Morgan fingerprint density at radius 2 is 2.06 bits per heavy atom. The van der Waals surface area contributed by atoms with Gasteiger partial charge in [-0.3, -0.25) is 0 Å². The van der Waals surface area contributed by atoms with Crippen molar-refractivity contribution in [3.63, 3.8) is 0 Å². The van der Waals surface area contributed by atoms with Gasteiger partial charge in [-0.25, -0.2) is 0 Å². The topological polar surface area (TPSA) is 21.3 Å². The van der Waals surface area contributed by atoms with Crippen LogP contribution in [0.5, 0.6) is 0 Å². The summed E-state index contributed by atoms with van der Waals surface area (Å²) in [6, 6.07) is 0.849. The van der Waals surface area contributed by atoms with E-state index in [-0.39, 0.29) is 0 Å². The van der Waals surface area contributed by atoms with Crippen molar-refractivity contribution in [1.29, 1.82) is 0 Å². The lowest BCUT2D eigenvalue weighted by molar-refractivity contribution is -0.0563. The number of ether oxygens (including phenoxy) is 1. The first-order chi connectivity index (χ1) is 8.86. The van der Waals surface area contributed by atoms with Crippen LogP contribution in [0.25, 0.3) is 0 Å². The minimum atomic E-state index is 0.501. The predicted molar refractivity (Wildman–Crippen MR) is 72.4 cm³/mol. The molecule has 2 nitrogen and oxygen atoms in total. The highest BCUT2D eigenvalue weighted by atomic mass is 16.5. The molecule has 0 amide bonds. The lowest BCUT2D eigenvalue weighted by Crippen LogP contribution is -2.48. The summed E-state index contributed by atoms with van der Waals surface area (Å²) in [5, 5.41) is 3.82. The summed E-state index contributed by atoms with van der Waals surface area (Å²) in [4.78, 5) is 0. The van der Waals surface area contributed by atoms with E-state index in [1.165, 1.54) is 57.9 Å². The van der Waals surface area contributed by atoms with Crippen molar-refractivity contribution in [2.45, 2.75) is 57.4 Å². The van der Waals surface area contributed by atoms with E-state index in [0.29, 0.717) is 5.41 Å². The lowest BCUT2D eigenvalue weighted by Gasteiger charge is -2.45. The maximum absolute atomic E-state index is 5.92. The van der Waals surface area contributed by atoms with Gasteiger partial charge in [-0.1, -0.05) is 6.42 Å². The molecule has 18 heavy (non-hydrogen) atoms. The number of nitrogens with one attached hydrogen (secondary N) is 1. The molecule has 4 unspecified atom stereocenters. The van der Waals surface area contributed by atoms with Gasteiger partial charge in [-0.05, 0) is 62.7 Å². The van der Waals surface area contributed by atoms with Crippen LogP contribution in [0, 0.1) is 23.2 Å². The quantitative estimate of drug-likeness (QED) is 0.827. The van der Waals surface area contributed by atoms with E-state index < -0.39 is 0 Å². The maximum atomic E-state index is 5.92. The van der Waals surface area contributed by atoms with Gasteiger partial charge >= 0.3 is 0 Å². The van der Waals surface area contributed by atoms with E-state index in [1.54, 1.807) is 0 Å². The molecular weight excluding hydrogens is 222 g/mol. The van der Waals surface area contributed by atoms with Crippen LogP contribution in [0.4, 0.5) is 0 Å². The van der Waals surface area contributed by atoms with Crippen molar-refractivity contribution in [3.05, 3.63) is 0 Å². The summed E-state index contributed by atoms with van der Waals surface area (Å²) >= 11 is 0. The Kier molecular flexibility index (Phi) is 2.92. The van der Waals surface area contributed by atoms with Crippen LogP contribution in [0.1, 0.15) is 51.4 Å². The van der Waals surface area contributed by atoms with Crippen LogP contribution >= 0.6 is 0 Å². The molecule has 0 radical (unpaired) electrons. The molecule has 1 heterocycles. The van der Waals surface area contributed by atoms with E-state index in [1.807, 2.05) is 0 Å². The normalized spacial score (nSPS) is 47.7. The molecule has 4 aliphatic rings. The van der Waals surface area contributed by atoms with E-state index in [4.69, 9.17) is 4.74 Å². The Balaban J connectivity index is 1.49. The predicted octanol–water partition coefficient (Wildman–Crippen LogP) is 2.97. The van der Waals surface area contributed by atoms with Crippen molar-refractivity contribution in [1.82, 2.24) is 5.32 Å². The molecular formula is C16H27NO. The third-order valence-electron chi connectivity index (χ3n) is 6.20. The smallest absolute Gasteiger partial charge is 0.0537 e. The highest BCUT2D eigenvalue weighted by Gasteiger charge is 2.51. The second-order valence-corrected chi connectivity index (χ2v) is 7.46. The van der Waals surface area contributed by atoms with Crippen molar-refractivity contribution in [2.75, 3.05) is 19.8 Å². The third kappa shape index (κ3) is 2.02. The molecule has 2 bridgehead atoms. The Morgan fingerprint density at radius 1 is 1.11 bits per heavy atom. The first-order valence-electron chi connectivity index (χ1n) is 8.17.